The minimum absolute atomic E-state index is 0.217. The molecule has 3 rings (SSSR count). The number of benzene rings is 2. The summed E-state index contributed by atoms with van der Waals surface area (Å²) in [7, 11) is 2.86. The fraction of sp³-hybridized carbons (Fsp3) is 0.381. The van der Waals surface area contributed by atoms with E-state index in [2.05, 4.69) is 9.55 Å². The summed E-state index contributed by atoms with van der Waals surface area (Å²) in [5.41, 5.74) is 2.35. The summed E-state index contributed by atoms with van der Waals surface area (Å²) in [6, 6.07) is 9.94. The Morgan fingerprint density at radius 1 is 1.10 bits per heavy atom. The number of fused-ring (bicyclic) bond motifs is 1. The Labute approximate surface area is 176 Å². The standard InChI is InChI=1S/C21H27FN4O3S/c1-6-26-19-9-8-16(30(27,28)24(2)3)12-18(19)23-21(26)14-25(4)13-15-7-10-20(29-5)17(22)11-15/h7-12H,6,13-14H2,1-5H3. The van der Waals surface area contributed by atoms with E-state index in [4.69, 9.17) is 4.74 Å². The van der Waals surface area contributed by atoms with Gasteiger partial charge < -0.3 is 9.30 Å². The molecule has 1 aromatic heterocycles. The van der Waals surface area contributed by atoms with Crippen molar-refractivity contribution in [2.45, 2.75) is 31.5 Å². The molecule has 0 aliphatic carbocycles. The number of halogens is 1. The van der Waals surface area contributed by atoms with Crippen LogP contribution in [0.15, 0.2) is 41.3 Å². The average Bonchev–Trinajstić information content (AvgIpc) is 3.03. The van der Waals surface area contributed by atoms with Gasteiger partial charge in [0.25, 0.3) is 0 Å². The van der Waals surface area contributed by atoms with Crippen molar-refractivity contribution in [1.29, 1.82) is 0 Å². The normalized spacial score (nSPS) is 12.3. The maximum absolute atomic E-state index is 14.0. The number of aryl methyl sites for hydroxylation is 1. The molecule has 0 saturated heterocycles. The molecule has 7 nitrogen and oxygen atoms in total. The van der Waals surface area contributed by atoms with Crippen LogP contribution in [-0.4, -0.2) is 55.4 Å². The Hall–Kier alpha value is -2.49. The van der Waals surface area contributed by atoms with Crippen molar-refractivity contribution in [2.75, 3.05) is 28.3 Å². The lowest BCUT2D eigenvalue weighted by Crippen LogP contribution is -2.22. The van der Waals surface area contributed by atoms with E-state index < -0.39 is 10.0 Å². The number of ether oxygens (including phenoxy) is 1. The van der Waals surface area contributed by atoms with Crippen LogP contribution in [-0.2, 0) is 29.7 Å². The fourth-order valence-electron chi connectivity index (χ4n) is 3.42. The molecule has 1 heterocycles. The number of aromatic nitrogens is 2. The maximum Gasteiger partial charge on any atom is 0.242 e. The second-order valence-corrected chi connectivity index (χ2v) is 9.50. The Kier molecular flexibility index (Phi) is 6.44. The molecular weight excluding hydrogens is 407 g/mol. The molecule has 3 aromatic rings. The molecule has 0 amide bonds. The summed E-state index contributed by atoms with van der Waals surface area (Å²) in [5.74, 6) is 0.653. The average molecular weight is 435 g/mol. The van der Waals surface area contributed by atoms with Crippen LogP contribution in [0.25, 0.3) is 11.0 Å². The molecule has 162 valence electrons. The summed E-state index contributed by atoms with van der Waals surface area (Å²) in [4.78, 5) is 6.94. The van der Waals surface area contributed by atoms with Gasteiger partial charge in [-0.2, -0.15) is 0 Å². The highest BCUT2D eigenvalue weighted by Gasteiger charge is 2.20. The van der Waals surface area contributed by atoms with Gasteiger partial charge in [-0.25, -0.2) is 22.1 Å². The second-order valence-electron chi connectivity index (χ2n) is 7.35. The Bertz CT molecular complexity index is 1160. The highest BCUT2D eigenvalue weighted by atomic mass is 32.2. The maximum atomic E-state index is 14.0. The monoisotopic (exact) mass is 434 g/mol. The van der Waals surface area contributed by atoms with E-state index in [9.17, 15) is 12.8 Å². The van der Waals surface area contributed by atoms with Crippen LogP contribution in [0.1, 0.15) is 18.3 Å². The summed E-state index contributed by atoms with van der Waals surface area (Å²) in [6.07, 6.45) is 0. The Morgan fingerprint density at radius 3 is 2.43 bits per heavy atom. The van der Waals surface area contributed by atoms with Crippen LogP contribution >= 0.6 is 0 Å². The van der Waals surface area contributed by atoms with E-state index in [0.29, 0.717) is 25.2 Å². The molecule has 0 spiro atoms. The van der Waals surface area contributed by atoms with Crippen molar-refractivity contribution in [3.63, 3.8) is 0 Å². The van der Waals surface area contributed by atoms with Gasteiger partial charge in [0.1, 0.15) is 5.82 Å². The predicted octanol–water partition coefficient (Wildman–Crippen LogP) is 3.09. The first-order chi connectivity index (χ1) is 14.2. The minimum atomic E-state index is -3.52. The molecule has 0 radical (unpaired) electrons. The van der Waals surface area contributed by atoms with Crippen molar-refractivity contribution in [3.8, 4) is 5.75 Å². The topological polar surface area (TPSA) is 67.7 Å². The molecule has 0 N–H and O–H groups in total. The zero-order chi connectivity index (χ0) is 22.1. The summed E-state index contributed by atoms with van der Waals surface area (Å²) >= 11 is 0. The predicted molar refractivity (Wildman–Crippen MR) is 114 cm³/mol. The quantitative estimate of drug-likeness (QED) is 0.545. The first-order valence-corrected chi connectivity index (χ1v) is 11.0. The molecule has 0 saturated carbocycles. The van der Waals surface area contributed by atoms with Crippen molar-refractivity contribution in [1.82, 2.24) is 18.8 Å². The van der Waals surface area contributed by atoms with Gasteiger partial charge in [-0.05, 0) is 49.9 Å². The highest BCUT2D eigenvalue weighted by Crippen LogP contribution is 2.23. The first kappa shape index (κ1) is 22.2. The van der Waals surface area contributed by atoms with Crippen molar-refractivity contribution in [3.05, 3.63) is 53.6 Å². The van der Waals surface area contributed by atoms with Gasteiger partial charge in [-0.3, -0.25) is 4.90 Å². The van der Waals surface area contributed by atoms with Crippen LogP contribution in [0.2, 0.25) is 0 Å². The molecule has 0 aliphatic rings. The number of imidazole rings is 1. The Morgan fingerprint density at radius 2 is 1.83 bits per heavy atom. The highest BCUT2D eigenvalue weighted by molar-refractivity contribution is 7.89. The van der Waals surface area contributed by atoms with Gasteiger partial charge in [0.2, 0.25) is 10.0 Å². The zero-order valence-electron chi connectivity index (χ0n) is 17.9. The van der Waals surface area contributed by atoms with Gasteiger partial charge in [0, 0.05) is 27.2 Å². The van der Waals surface area contributed by atoms with Gasteiger partial charge >= 0.3 is 0 Å². The van der Waals surface area contributed by atoms with Crippen LogP contribution in [0.3, 0.4) is 0 Å². The van der Waals surface area contributed by atoms with Gasteiger partial charge in [-0.15, -0.1) is 0 Å². The zero-order valence-corrected chi connectivity index (χ0v) is 18.7. The number of methoxy groups -OCH3 is 1. The lowest BCUT2D eigenvalue weighted by atomic mass is 10.2. The number of rotatable bonds is 8. The summed E-state index contributed by atoms with van der Waals surface area (Å²) < 4.78 is 47.0. The SMILES string of the molecule is CCn1c(CN(C)Cc2ccc(OC)c(F)c2)nc2cc(S(=O)(=O)N(C)C)ccc21. The van der Waals surface area contributed by atoms with Crippen LogP contribution in [0.4, 0.5) is 4.39 Å². The molecule has 0 atom stereocenters. The van der Waals surface area contributed by atoms with E-state index >= 15 is 0 Å². The van der Waals surface area contributed by atoms with Gasteiger partial charge in [0.15, 0.2) is 11.6 Å². The van der Waals surface area contributed by atoms with E-state index in [1.807, 2.05) is 24.9 Å². The van der Waals surface area contributed by atoms with Gasteiger partial charge in [-0.1, -0.05) is 6.07 Å². The molecular formula is C21H27FN4O3S. The van der Waals surface area contributed by atoms with E-state index in [1.54, 1.807) is 24.3 Å². The van der Waals surface area contributed by atoms with Crippen molar-refractivity contribution in [2.24, 2.45) is 0 Å². The fourth-order valence-corrected chi connectivity index (χ4v) is 4.34. The van der Waals surface area contributed by atoms with Crippen molar-refractivity contribution >= 4 is 21.1 Å². The second kappa shape index (κ2) is 8.71. The summed E-state index contributed by atoms with van der Waals surface area (Å²) in [5, 5.41) is 0. The van der Waals surface area contributed by atoms with Gasteiger partial charge in [0.05, 0.1) is 29.6 Å². The third-order valence-electron chi connectivity index (χ3n) is 4.97. The van der Waals surface area contributed by atoms with Crippen LogP contribution in [0.5, 0.6) is 5.75 Å². The number of hydrogen-bond acceptors (Lipinski definition) is 5. The molecule has 0 bridgehead atoms. The third-order valence-corrected chi connectivity index (χ3v) is 6.78. The summed E-state index contributed by atoms with van der Waals surface area (Å²) in [6.45, 7) is 3.80. The lowest BCUT2D eigenvalue weighted by molar-refractivity contribution is 0.305. The van der Waals surface area contributed by atoms with Crippen LogP contribution in [0, 0.1) is 5.82 Å². The molecule has 30 heavy (non-hydrogen) atoms. The Balaban J connectivity index is 1.87. The number of hydrogen-bond donors (Lipinski definition) is 0. The lowest BCUT2D eigenvalue weighted by Gasteiger charge is -2.17. The number of sulfonamides is 1. The van der Waals surface area contributed by atoms with Crippen molar-refractivity contribution < 1.29 is 17.5 Å². The smallest absolute Gasteiger partial charge is 0.242 e. The molecule has 0 unspecified atom stereocenters. The number of nitrogens with zero attached hydrogens (tertiary/aromatic N) is 4. The van der Waals surface area contributed by atoms with E-state index in [-0.39, 0.29) is 16.5 Å². The molecule has 2 aromatic carbocycles. The van der Waals surface area contributed by atoms with E-state index in [1.165, 1.54) is 31.6 Å². The third kappa shape index (κ3) is 4.33. The minimum Gasteiger partial charge on any atom is -0.494 e. The molecule has 0 fully saturated rings. The first-order valence-electron chi connectivity index (χ1n) is 9.60. The molecule has 0 aliphatic heterocycles. The van der Waals surface area contributed by atoms with Crippen LogP contribution < -0.4 is 4.74 Å². The van der Waals surface area contributed by atoms with E-state index in [0.717, 1.165) is 16.9 Å². The largest absolute Gasteiger partial charge is 0.494 e. The molecule has 9 heteroatoms.